The minimum atomic E-state index is -0.763. The third-order valence-corrected chi connectivity index (χ3v) is 8.33. The Labute approximate surface area is 201 Å². The summed E-state index contributed by atoms with van der Waals surface area (Å²) in [7, 11) is 0. The van der Waals surface area contributed by atoms with E-state index in [0.29, 0.717) is 23.5 Å². The van der Waals surface area contributed by atoms with Crippen LogP contribution in [0.2, 0.25) is 0 Å². The summed E-state index contributed by atoms with van der Waals surface area (Å²) in [5.41, 5.74) is 4.62. The predicted molar refractivity (Wildman–Crippen MR) is 127 cm³/mol. The zero-order valence-electron chi connectivity index (χ0n) is 19.3. The van der Waals surface area contributed by atoms with Crippen molar-refractivity contribution >= 4 is 23.0 Å². The number of nitrogens with one attached hydrogen (secondary N) is 1. The van der Waals surface area contributed by atoms with Crippen LogP contribution in [0, 0.1) is 37.5 Å². The molecule has 2 saturated carbocycles. The summed E-state index contributed by atoms with van der Waals surface area (Å²) >= 11 is 0. The Hall–Kier alpha value is -3.82. The lowest BCUT2D eigenvalue weighted by atomic mass is 9.55. The van der Waals surface area contributed by atoms with Gasteiger partial charge in [-0.15, -0.1) is 0 Å². The largest absolute Gasteiger partial charge is 0.508 e. The van der Waals surface area contributed by atoms with Gasteiger partial charge in [0.25, 0.3) is 17.3 Å². The quantitative estimate of drug-likeness (QED) is 0.474. The molecule has 2 aromatic carbocycles. The molecular formula is C25H26N4O6. The summed E-state index contributed by atoms with van der Waals surface area (Å²) in [6.45, 7) is 2.20. The molecule has 0 spiro atoms. The second-order valence-corrected chi connectivity index (χ2v) is 10.0. The number of amides is 1. The molecule has 0 saturated heterocycles. The Kier molecular flexibility index (Phi) is 5.53. The van der Waals surface area contributed by atoms with E-state index >= 15 is 0 Å². The number of phenolic OH excluding ortho intramolecular Hbond substituents is 1. The molecule has 4 atom stereocenters. The number of aromatic hydroxyl groups is 1. The summed E-state index contributed by atoms with van der Waals surface area (Å²) in [5, 5.41) is 36.6. The van der Waals surface area contributed by atoms with Crippen molar-refractivity contribution in [1.82, 2.24) is 5.43 Å². The van der Waals surface area contributed by atoms with Crippen molar-refractivity contribution in [1.29, 1.82) is 0 Å². The maximum Gasteiger partial charge on any atom is 0.277 e. The highest BCUT2D eigenvalue weighted by molar-refractivity contribution is 5.98. The lowest BCUT2D eigenvalue weighted by Crippen LogP contribution is -2.43. The number of nitro groups is 2. The molecule has 4 unspecified atom stereocenters. The van der Waals surface area contributed by atoms with E-state index in [2.05, 4.69) is 23.5 Å². The van der Waals surface area contributed by atoms with E-state index in [1.807, 2.05) is 6.07 Å². The molecule has 3 aliphatic rings. The van der Waals surface area contributed by atoms with Gasteiger partial charge in [-0.1, -0.05) is 13.0 Å². The number of aryl methyl sites for hydroxylation is 1. The van der Waals surface area contributed by atoms with Gasteiger partial charge in [0.15, 0.2) is 0 Å². The van der Waals surface area contributed by atoms with E-state index in [0.717, 1.165) is 62.4 Å². The molecule has 35 heavy (non-hydrogen) atoms. The highest BCUT2D eigenvalue weighted by Crippen LogP contribution is 2.59. The highest BCUT2D eigenvalue weighted by Gasteiger charge is 2.53. The van der Waals surface area contributed by atoms with Crippen molar-refractivity contribution in [3.63, 3.8) is 0 Å². The van der Waals surface area contributed by atoms with Crippen LogP contribution in [0.25, 0.3) is 0 Å². The Balaban J connectivity index is 1.36. The molecule has 0 aromatic heterocycles. The zero-order valence-corrected chi connectivity index (χ0v) is 19.3. The molecule has 10 heteroatoms. The van der Waals surface area contributed by atoms with Crippen LogP contribution in [0.15, 0.2) is 41.5 Å². The Morgan fingerprint density at radius 3 is 2.46 bits per heavy atom. The van der Waals surface area contributed by atoms with Gasteiger partial charge in [-0.25, -0.2) is 5.43 Å². The van der Waals surface area contributed by atoms with Gasteiger partial charge in [0.2, 0.25) is 0 Å². The first kappa shape index (κ1) is 22.9. The molecule has 1 amide bonds. The number of hydrazone groups is 1. The maximum atomic E-state index is 12.7. The van der Waals surface area contributed by atoms with Crippen LogP contribution in [0.3, 0.4) is 0 Å². The third kappa shape index (κ3) is 3.92. The van der Waals surface area contributed by atoms with Crippen LogP contribution in [-0.4, -0.2) is 26.6 Å². The van der Waals surface area contributed by atoms with Crippen LogP contribution < -0.4 is 5.43 Å². The topological polar surface area (TPSA) is 148 Å². The second kappa shape index (κ2) is 8.44. The van der Waals surface area contributed by atoms with Crippen molar-refractivity contribution in [3.05, 3.63) is 73.3 Å². The molecular weight excluding hydrogens is 452 g/mol. The normalized spacial score (nSPS) is 28.0. The zero-order chi connectivity index (χ0) is 24.9. The molecule has 0 heterocycles. The van der Waals surface area contributed by atoms with Gasteiger partial charge < -0.3 is 5.11 Å². The molecule has 182 valence electrons. The average Bonchev–Trinajstić information content (AvgIpc) is 3.17. The second-order valence-electron chi connectivity index (χ2n) is 10.0. The molecule has 0 aliphatic heterocycles. The number of carbonyl (C=O) groups is 1. The molecule has 5 rings (SSSR count). The summed E-state index contributed by atoms with van der Waals surface area (Å²) in [4.78, 5) is 33.5. The van der Waals surface area contributed by atoms with Gasteiger partial charge in [-0.3, -0.25) is 25.0 Å². The van der Waals surface area contributed by atoms with Gasteiger partial charge in [0.1, 0.15) is 5.75 Å². The first-order chi connectivity index (χ1) is 16.7. The monoisotopic (exact) mass is 478 g/mol. The van der Waals surface area contributed by atoms with Gasteiger partial charge in [-0.05, 0) is 79.5 Å². The minimum absolute atomic E-state index is 0.155. The van der Waals surface area contributed by atoms with E-state index < -0.39 is 27.1 Å². The first-order valence-electron chi connectivity index (χ1n) is 11.8. The van der Waals surface area contributed by atoms with Crippen LogP contribution in [0.1, 0.15) is 66.4 Å². The van der Waals surface area contributed by atoms with Crippen LogP contribution in [0.5, 0.6) is 5.75 Å². The molecule has 3 aliphatic carbocycles. The number of rotatable bonds is 4. The Morgan fingerprint density at radius 1 is 1.06 bits per heavy atom. The van der Waals surface area contributed by atoms with Crippen molar-refractivity contribution in [2.45, 2.75) is 51.4 Å². The number of nitro benzene ring substituents is 2. The van der Waals surface area contributed by atoms with Crippen molar-refractivity contribution in [2.75, 3.05) is 0 Å². The smallest absolute Gasteiger partial charge is 0.277 e. The van der Waals surface area contributed by atoms with E-state index in [1.54, 1.807) is 6.07 Å². The van der Waals surface area contributed by atoms with Crippen LogP contribution in [-0.2, 0) is 6.42 Å². The minimum Gasteiger partial charge on any atom is -0.508 e. The average molecular weight is 479 g/mol. The number of hydrogen-bond acceptors (Lipinski definition) is 7. The fourth-order valence-electron chi connectivity index (χ4n) is 6.66. The van der Waals surface area contributed by atoms with E-state index in [4.69, 9.17) is 0 Å². The van der Waals surface area contributed by atoms with Crippen molar-refractivity contribution in [3.8, 4) is 5.75 Å². The summed E-state index contributed by atoms with van der Waals surface area (Å²) < 4.78 is 0. The molecule has 0 radical (unpaired) electrons. The van der Waals surface area contributed by atoms with Gasteiger partial charge >= 0.3 is 0 Å². The summed E-state index contributed by atoms with van der Waals surface area (Å²) in [6, 6.07) is 8.58. The number of fused-ring (bicyclic) bond motifs is 5. The number of phenols is 1. The number of nitrogens with zero attached hydrogens (tertiary/aromatic N) is 3. The number of hydrogen-bond donors (Lipinski definition) is 2. The number of non-ortho nitro benzene ring substituents is 2. The summed E-state index contributed by atoms with van der Waals surface area (Å²) in [5.74, 6) is 0.988. The van der Waals surface area contributed by atoms with E-state index in [9.17, 15) is 30.1 Å². The number of benzene rings is 2. The fraction of sp³-hybridized carbons (Fsp3) is 0.440. The third-order valence-electron chi connectivity index (χ3n) is 8.33. The Bertz CT molecular complexity index is 1240. The standard InChI is InChI=1S/C25H26N4O6/c1-25-9-8-20-19-5-3-18(30)12-14(19)2-4-21(20)22(25)6-7-23(25)26-27-24(31)15-10-16(28(32)33)13-17(11-15)29(34)35/h3,5,10-13,20-22,30H,2,4,6-9H2,1H3,(H,27,31)/b26-23+. The van der Waals surface area contributed by atoms with Gasteiger partial charge in [0.05, 0.1) is 21.5 Å². The molecule has 0 bridgehead atoms. The predicted octanol–water partition coefficient (Wildman–Crippen LogP) is 4.85. The molecule has 2 fully saturated rings. The van der Waals surface area contributed by atoms with E-state index in [-0.39, 0.29) is 11.0 Å². The lowest BCUT2D eigenvalue weighted by Gasteiger charge is -2.49. The lowest BCUT2D eigenvalue weighted by molar-refractivity contribution is -0.394. The van der Waals surface area contributed by atoms with Crippen molar-refractivity contribution < 1.29 is 19.7 Å². The van der Waals surface area contributed by atoms with Gasteiger partial charge in [0, 0.05) is 23.3 Å². The molecule has 2 aromatic rings. The maximum absolute atomic E-state index is 12.7. The van der Waals surface area contributed by atoms with E-state index in [1.165, 1.54) is 11.1 Å². The van der Waals surface area contributed by atoms with Crippen molar-refractivity contribution in [2.24, 2.45) is 22.4 Å². The fourth-order valence-corrected chi connectivity index (χ4v) is 6.66. The Morgan fingerprint density at radius 2 is 1.77 bits per heavy atom. The summed E-state index contributed by atoms with van der Waals surface area (Å²) in [6.07, 6.45) is 5.64. The van der Waals surface area contributed by atoms with Gasteiger partial charge in [-0.2, -0.15) is 5.10 Å². The molecule has 2 N–H and O–H groups in total. The van der Waals surface area contributed by atoms with Crippen LogP contribution >= 0.6 is 0 Å². The molecule has 10 nitrogen and oxygen atoms in total. The number of carbonyl (C=O) groups excluding carboxylic acids is 1. The highest BCUT2D eigenvalue weighted by atomic mass is 16.6. The van der Waals surface area contributed by atoms with Crippen LogP contribution in [0.4, 0.5) is 11.4 Å². The first-order valence-corrected chi connectivity index (χ1v) is 11.8. The SMILES string of the molecule is CC12CCC3c4ccc(O)cc4CCC3C1CC/C2=N\NC(=O)c1cc([N+](=O)[O-])cc([N+](=O)[O-])c1.